The van der Waals surface area contributed by atoms with Gasteiger partial charge in [-0.15, -0.1) is 13.2 Å². The zero-order valence-corrected chi connectivity index (χ0v) is 16.5. The Kier molecular flexibility index (Phi) is 8.22. The summed E-state index contributed by atoms with van der Waals surface area (Å²) in [5.74, 6) is -0.0943. The maximum atomic E-state index is 12.2. The van der Waals surface area contributed by atoms with Gasteiger partial charge in [-0.25, -0.2) is 0 Å². The summed E-state index contributed by atoms with van der Waals surface area (Å²) < 4.78 is 74.5. The number of aliphatic hydroxyl groups excluding tert-OH is 4. The van der Waals surface area contributed by atoms with Gasteiger partial charge >= 0.3 is 6.36 Å². The molecule has 0 radical (unpaired) electrons. The number of halogens is 3. The lowest BCUT2D eigenvalue weighted by molar-refractivity contribution is -0.274. The van der Waals surface area contributed by atoms with Gasteiger partial charge < -0.3 is 29.9 Å². The third kappa shape index (κ3) is 7.65. The second kappa shape index (κ2) is 10.3. The highest BCUT2D eigenvalue weighted by Gasteiger charge is 2.31. The van der Waals surface area contributed by atoms with Gasteiger partial charge in [0.2, 0.25) is 0 Å². The molecule has 0 aliphatic rings. The summed E-state index contributed by atoms with van der Waals surface area (Å²) in [6, 6.07) is 9.30. The number of rotatable bonds is 10. The molecule has 4 N–H and O–H groups in total. The average molecular weight is 468 g/mol. The van der Waals surface area contributed by atoms with E-state index in [1.165, 1.54) is 24.3 Å². The topological polar surface area (TPSA) is 143 Å². The van der Waals surface area contributed by atoms with Crippen molar-refractivity contribution in [2.24, 2.45) is 0 Å². The molecule has 0 saturated carbocycles. The first-order valence-corrected chi connectivity index (χ1v) is 10.0. The van der Waals surface area contributed by atoms with Gasteiger partial charge in [0.05, 0.1) is 18.1 Å². The van der Waals surface area contributed by atoms with Crippen molar-refractivity contribution in [3.63, 3.8) is 0 Å². The van der Waals surface area contributed by atoms with Crippen molar-refractivity contribution in [1.82, 2.24) is 0 Å². The van der Waals surface area contributed by atoms with Crippen LogP contribution in [0.2, 0.25) is 0 Å². The lowest BCUT2D eigenvalue weighted by Crippen LogP contribution is -2.42. The van der Waals surface area contributed by atoms with Crippen LogP contribution in [0.4, 0.5) is 13.2 Å². The van der Waals surface area contributed by atoms with Crippen molar-refractivity contribution in [2.45, 2.75) is 29.6 Å². The van der Waals surface area contributed by atoms with Crippen molar-refractivity contribution in [3.05, 3.63) is 48.5 Å². The molecular formula is C18H19F3O9S. The summed E-state index contributed by atoms with van der Waals surface area (Å²) in [6.07, 6.45) is -10.1. The molecule has 2 aromatic carbocycles. The molecule has 2 aromatic rings. The number of hydrogen-bond donors (Lipinski definition) is 4. The van der Waals surface area contributed by atoms with Crippen LogP contribution in [0.5, 0.6) is 17.2 Å². The summed E-state index contributed by atoms with van der Waals surface area (Å²) in [7, 11) is -4.33. The molecule has 172 valence electrons. The lowest BCUT2D eigenvalue weighted by atomic mass is 10.1. The molecule has 0 saturated heterocycles. The van der Waals surface area contributed by atoms with E-state index in [-0.39, 0.29) is 16.4 Å². The van der Waals surface area contributed by atoms with Crippen molar-refractivity contribution in [2.75, 3.05) is 13.2 Å². The Morgan fingerprint density at radius 1 is 0.839 bits per heavy atom. The first-order chi connectivity index (χ1) is 14.4. The van der Waals surface area contributed by atoms with E-state index >= 15 is 0 Å². The minimum Gasteiger partial charge on any atom is -0.457 e. The van der Waals surface area contributed by atoms with Gasteiger partial charge in [-0.1, -0.05) is 0 Å². The van der Waals surface area contributed by atoms with E-state index in [1.54, 1.807) is 0 Å². The van der Waals surface area contributed by atoms with Crippen LogP contribution in [-0.4, -0.2) is 66.7 Å². The Hall–Kier alpha value is -2.42. The molecule has 9 nitrogen and oxygen atoms in total. The zero-order chi connectivity index (χ0) is 23.2. The molecule has 0 spiro atoms. The Morgan fingerprint density at radius 2 is 1.32 bits per heavy atom. The maximum absolute atomic E-state index is 12.2. The zero-order valence-electron chi connectivity index (χ0n) is 15.6. The number of benzene rings is 2. The van der Waals surface area contributed by atoms with Crippen molar-refractivity contribution >= 4 is 10.1 Å². The first kappa shape index (κ1) is 24.8. The summed E-state index contributed by atoms with van der Waals surface area (Å²) >= 11 is 0. The van der Waals surface area contributed by atoms with E-state index in [2.05, 4.69) is 8.92 Å². The van der Waals surface area contributed by atoms with Gasteiger partial charge in [-0.05, 0) is 48.5 Å². The monoisotopic (exact) mass is 468 g/mol. The summed E-state index contributed by atoms with van der Waals surface area (Å²) in [4.78, 5) is -0.307. The molecule has 1 unspecified atom stereocenters. The van der Waals surface area contributed by atoms with Crippen LogP contribution in [0.3, 0.4) is 0 Å². The Morgan fingerprint density at radius 3 is 1.81 bits per heavy atom. The predicted molar refractivity (Wildman–Crippen MR) is 97.9 cm³/mol. The first-order valence-electron chi connectivity index (χ1n) is 8.59. The highest BCUT2D eigenvalue weighted by atomic mass is 32.2. The van der Waals surface area contributed by atoms with Crippen LogP contribution in [0.15, 0.2) is 53.4 Å². The Balaban J connectivity index is 1.97. The molecule has 13 heteroatoms. The second-order valence-corrected chi connectivity index (χ2v) is 7.75. The summed E-state index contributed by atoms with van der Waals surface area (Å²) in [6.45, 7) is -1.71. The number of ether oxygens (including phenoxy) is 2. The van der Waals surface area contributed by atoms with Gasteiger partial charge in [0.15, 0.2) is 0 Å². The van der Waals surface area contributed by atoms with E-state index in [0.717, 1.165) is 24.3 Å². The fourth-order valence-corrected chi connectivity index (χ4v) is 3.13. The van der Waals surface area contributed by atoms with Crippen molar-refractivity contribution in [3.8, 4) is 17.2 Å². The Labute approximate surface area is 175 Å². The van der Waals surface area contributed by atoms with Crippen LogP contribution in [0.1, 0.15) is 0 Å². The minimum absolute atomic E-state index is 0.168. The quantitative estimate of drug-likeness (QED) is 0.378. The van der Waals surface area contributed by atoms with Gasteiger partial charge in [-0.2, -0.15) is 8.42 Å². The Bertz CT molecular complexity index is 931. The van der Waals surface area contributed by atoms with E-state index in [1.807, 2.05) is 0 Å². The molecule has 0 aromatic heterocycles. The van der Waals surface area contributed by atoms with Crippen LogP contribution in [0, 0.1) is 0 Å². The van der Waals surface area contributed by atoms with E-state index < -0.39 is 53.8 Å². The molecule has 31 heavy (non-hydrogen) atoms. The van der Waals surface area contributed by atoms with Crippen LogP contribution >= 0.6 is 0 Å². The molecule has 2 rings (SSSR count). The number of alkyl halides is 3. The molecule has 0 heterocycles. The van der Waals surface area contributed by atoms with E-state index in [9.17, 15) is 36.9 Å². The third-order valence-electron chi connectivity index (χ3n) is 3.77. The summed E-state index contributed by atoms with van der Waals surface area (Å²) in [5, 5.41) is 37.0. The third-order valence-corrected chi connectivity index (χ3v) is 5.07. The van der Waals surface area contributed by atoms with E-state index in [0.29, 0.717) is 0 Å². The SMILES string of the molecule is O=S(=O)(OC[C@@H](O)[C@H](O)C(O)CO)c1ccc(Oc2ccc(OC(F)(F)F)cc2)cc1. The van der Waals surface area contributed by atoms with Gasteiger partial charge in [-0.3, -0.25) is 4.18 Å². The molecular weight excluding hydrogens is 449 g/mol. The van der Waals surface area contributed by atoms with Crippen molar-refractivity contribution < 1.29 is 55.7 Å². The van der Waals surface area contributed by atoms with Crippen molar-refractivity contribution in [1.29, 1.82) is 0 Å². The highest BCUT2D eigenvalue weighted by Crippen LogP contribution is 2.28. The molecule has 0 amide bonds. The highest BCUT2D eigenvalue weighted by molar-refractivity contribution is 7.86. The summed E-state index contributed by atoms with van der Waals surface area (Å²) in [5.41, 5.74) is 0. The number of hydrogen-bond acceptors (Lipinski definition) is 9. The lowest BCUT2D eigenvalue weighted by Gasteiger charge is -2.21. The molecule has 3 atom stereocenters. The normalized spacial score (nSPS) is 15.2. The minimum atomic E-state index is -4.82. The van der Waals surface area contributed by atoms with Gasteiger partial charge in [0.25, 0.3) is 10.1 Å². The largest absolute Gasteiger partial charge is 0.573 e. The maximum Gasteiger partial charge on any atom is 0.573 e. The van der Waals surface area contributed by atoms with Crippen LogP contribution in [0.25, 0.3) is 0 Å². The standard InChI is InChI=1S/C18H19F3O9S/c19-18(20,21)30-13-3-1-11(2-4-13)29-12-5-7-14(8-6-12)31(26,27)28-10-16(24)17(25)15(23)9-22/h1-8,15-17,22-25H,9-10H2/t15?,16-,17-/m1/s1. The second-order valence-electron chi connectivity index (χ2n) is 6.14. The smallest absolute Gasteiger partial charge is 0.457 e. The van der Waals surface area contributed by atoms with Gasteiger partial charge in [0.1, 0.15) is 35.6 Å². The number of aliphatic hydroxyl groups is 4. The fourth-order valence-electron chi connectivity index (χ4n) is 2.21. The van der Waals surface area contributed by atoms with Crippen LogP contribution < -0.4 is 9.47 Å². The molecule has 0 aliphatic heterocycles. The molecule has 0 fully saturated rings. The fraction of sp³-hybridized carbons (Fsp3) is 0.333. The van der Waals surface area contributed by atoms with Crippen LogP contribution in [-0.2, 0) is 14.3 Å². The average Bonchev–Trinajstić information content (AvgIpc) is 2.71. The van der Waals surface area contributed by atoms with Gasteiger partial charge in [0, 0.05) is 0 Å². The van der Waals surface area contributed by atoms with E-state index in [4.69, 9.17) is 9.84 Å². The molecule has 0 aliphatic carbocycles. The molecule has 0 bridgehead atoms. The predicted octanol–water partition coefficient (Wildman–Crippen LogP) is 1.16.